The highest BCUT2D eigenvalue weighted by molar-refractivity contribution is 5.86. The number of rotatable bonds is 9. The Balaban J connectivity index is 0.926. The molecule has 5 aliphatic carbocycles. The smallest absolute Gasteiger partial charge is 0.0462 e. The van der Waals surface area contributed by atoms with Gasteiger partial charge in [-0.15, -0.1) is 5.73 Å². The molecule has 0 aliphatic heterocycles. The second-order valence-corrected chi connectivity index (χ2v) is 18.2. The van der Waals surface area contributed by atoms with Crippen LogP contribution in [-0.4, -0.2) is 0 Å². The van der Waals surface area contributed by atoms with Gasteiger partial charge in [0.05, 0.1) is 0 Å². The van der Waals surface area contributed by atoms with Crippen molar-refractivity contribution in [3.05, 3.63) is 240 Å². The van der Waals surface area contributed by atoms with Crippen LogP contribution in [0.2, 0.25) is 0 Å². The lowest BCUT2D eigenvalue weighted by Crippen LogP contribution is -2.24. The second kappa shape index (κ2) is 17.7. The van der Waals surface area contributed by atoms with Gasteiger partial charge in [0.1, 0.15) is 0 Å². The highest BCUT2D eigenvalue weighted by atomic mass is 15.1. The Labute approximate surface area is 380 Å². The lowest BCUT2D eigenvalue weighted by Gasteiger charge is -2.39. The predicted octanol–water partition coefficient (Wildman–Crippen LogP) is 17.4. The van der Waals surface area contributed by atoms with Gasteiger partial charge in [0.15, 0.2) is 0 Å². The van der Waals surface area contributed by atoms with Gasteiger partial charge >= 0.3 is 0 Å². The van der Waals surface area contributed by atoms with Crippen molar-refractivity contribution < 1.29 is 0 Å². The van der Waals surface area contributed by atoms with Crippen LogP contribution in [-0.2, 0) is 0 Å². The van der Waals surface area contributed by atoms with E-state index < -0.39 is 0 Å². The van der Waals surface area contributed by atoms with Crippen molar-refractivity contribution in [1.29, 1.82) is 0 Å². The standard InChI is InChI=1S/C63H55N/c1-2-44-22-27-52(42-62(44)51-16-8-4-9-17-51)49-30-37-55(38-31-49)64(54-35-28-48(29-36-54)47-25-23-46(24-26-47)45-14-6-3-7-15-45)56-39-32-50(33-40-56)53-34-41-61-59-19-11-5-10-18-57(59)58-20-12-13-21-60(58)63(61)43-53/h3-8,11,14-16,18-19,22-44,58,60,62H,2,9,12-13,17,20-21H2,1H3. The lowest BCUT2D eigenvalue weighted by atomic mass is 9.65. The molecule has 0 N–H and O–H groups in total. The Morgan fingerprint density at radius 2 is 1.19 bits per heavy atom. The van der Waals surface area contributed by atoms with Crippen LogP contribution >= 0.6 is 0 Å². The Kier molecular flexibility index (Phi) is 11.0. The highest BCUT2D eigenvalue weighted by Gasteiger charge is 2.36. The summed E-state index contributed by atoms with van der Waals surface area (Å²) in [5, 5.41) is 0. The molecule has 5 aliphatic rings. The molecule has 1 nitrogen and oxygen atoms in total. The van der Waals surface area contributed by atoms with Crippen molar-refractivity contribution in [3.63, 3.8) is 0 Å². The molecule has 1 fully saturated rings. The van der Waals surface area contributed by atoms with Gasteiger partial charge in [-0.05, 0) is 165 Å². The number of benzene rings is 6. The summed E-state index contributed by atoms with van der Waals surface area (Å²) in [4.78, 5) is 2.41. The minimum absolute atomic E-state index is 0.453. The third-order valence-corrected chi connectivity index (χ3v) is 14.6. The van der Waals surface area contributed by atoms with Crippen LogP contribution in [0.15, 0.2) is 223 Å². The lowest BCUT2D eigenvalue weighted by molar-refractivity contribution is 0.349. The molecule has 6 aromatic carbocycles. The molecule has 64 heavy (non-hydrogen) atoms. The zero-order chi connectivity index (χ0) is 42.8. The maximum Gasteiger partial charge on any atom is 0.0462 e. The molecule has 0 spiro atoms. The van der Waals surface area contributed by atoms with Crippen LogP contribution < -0.4 is 4.90 Å². The first-order valence-electron chi connectivity index (χ1n) is 23.7. The molecule has 0 saturated heterocycles. The van der Waals surface area contributed by atoms with Gasteiger partial charge < -0.3 is 4.90 Å². The van der Waals surface area contributed by atoms with Gasteiger partial charge in [0.2, 0.25) is 0 Å². The molecule has 0 radical (unpaired) electrons. The third-order valence-electron chi connectivity index (χ3n) is 14.6. The molecule has 0 bridgehead atoms. The SMILES string of the molecule is CCC1C=CC(c2ccc(N(c3ccc(-c4ccc(-c5ccccc5)cc4)cc3)c3ccc(-c4ccc5c(c4)C4CCCCC4C4=C5C=CC=C=C4)cc3)cc2)=CC1C1=CC=CCC1. The van der Waals surface area contributed by atoms with Crippen LogP contribution in [0.1, 0.15) is 74.5 Å². The summed E-state index contributed by atoms with van der Waals surface area (Å²) < 4.78 is 0. The maximum atomic E-state index is 3.43. The second-order valence-electron chi connectivity index (χ2n) is 18.2. The molecule has 11 rings (SSSR count). The molecular weight excluding hydrogens is 771 g/mol. The maximum absolute atomic E-state index is 3.43. The topological polar surface area (TPSA) is 3.24 Å². The van der Waals surface area contributed by atoms with Gasteiger partial charge in [0.25, 0.3) is 0 Å². The minimum Gasteiger partial charge on any atom is -0.311 e. The molecule has 0 amide bonds. The van der Waals surface area contributed by atoms with Crippen molar-refractivity contribution in [1.82, 2.24) is 0 Å². The summed E-state index contributed by atoms with van der Waals surface area (Å²) in [7, 11) is 0. The van der Waals surface area contributed by atoms with E-state index in [2.05, 4.69) is 224 Å². The van der Waals surface area contributed by atoms with Gasteiger partial charge in [-0.2, -0.15) is 0 Å². The van der Waals surface area contributed by atoms with Gasteiger partial charge in [-0.1, -0.05) is 183 Å². The van der Waals surface area contributed by atoms with Crippen molar-refractivity contribution in [3.8, 4) is 33.4 Å². The van der Waals surface area contributed by atoms with Crippen molar-refractivity contribution in [2.24, 2.45) is 17.8 Å². The van der Waals surface area contributed by atoms with E-state index in [0.717, 1.165) is 36.3 Å². The van der Waals surface area contributed by atoms with E-state index in [1.165, 1.54) is 92.5 Å². The fraction of sp³-hybridized carbons (Fsp3) is 0.190. The minimum atomic E-state index is 0.453. The van der Waals surface area contributed by atoms with Crippen LogP contribution in [0.3, 0.4) is 0 Å². The number of nitrogens with zero attached hydrogens (tertiary/aromatic N) is 1. The summed E-state index contributed by atoms with van der Waals surface area (Å²) in [6.07, 6.45) is 31.6. The van der Waals surface area contributed by atoms with Crippen LogP contribution in [0, 0.1) is 17.8 Å². The number of allylic oxidation sites excluding steroid dienone is 13. The summed E-state index contributed by atoms with van der Waals surface area (Å²) in [5.74, 6) is 2.14. The normalized spacial score (nSPS) is 20.8. The summed E-state index contributed by atoms with van der Waals surface area (Å²) >= 11 is 0. The summed E-state index contributed by atoms with van der Waals surface area (Å²) in [6, 6.07) is 54.3. The summed E-state index contributed by atoms with van der Waals surface area (Å²) in [5.41, 5.74) is 24.2. The summed E-state index contributed by atoms with van der Waals surface area (Å²) in [6.45, 7) is 2.32. The molecule has 4 unspecified atom stereocenters. The Hall–Kier alpha value is -6.92. The van der Waals surface area contributed by atoms with Crippen molar-refractivity contribution >= 4 is 28.2 Å². The molecule has 312 valence electrons. The van der Waals surface area contributed by atoms with Crippen molar-refractivity contribution in [2.45, 2.75) is 57.8 Å². The first-order valence-corrected chi connectivity index (χ1v) is 23.7. The Morgan fingerprint density at radius 1 is 0.594 bits per heavy atom. The van der Waals surface area contributed by atoms with Gasteiger partial charge in [-0.25, -0.2) is 0 Å². The van der Waals surface area contributed by atoms with E-state index in [1.54, 1.807) is 5.57 Å². The zero-order valence-corrected chi connectivity index (χ0v) is 36.8. The van der Waals surface area contributed by atoms with E-state index in [4.69, 9.17) is 0 Å². The Bertz CT molecular complexity index is 2920. The number of hydrogen-bond donors (Lipinski definition) is 0. The largest absolute Gasteiger partial charge is 0.311 e. The van der Waals surface area contributed by atoms with E-state index in [0.29, 0.717) is 23.7 Å². The first kappa shape index (κ1) is 39.9. The van der Waals surface area contributed by atoms with E-state index in [9.17, 15) is 0 Å². The molecule has 6 aromatic rings. The van der Waals surface area contributed by atoms with E-state index in [1.807, 2.05) is 0 Å². The monoisotopic (exact) mass is 825 g/mol. The number of fused-ring (bicyclic) bond motifs is 5. The first-order chi connectivity index (χ1) is 31.7. The molecule has 4 atom stereocenters. The Morgan fingerprint density at radius 3 is 1.83 bits per heavy atom. The predicted molar refractivity (Wildman–Crippen MR) is 272 cm³/mol. The van der Waals surface area contributed by atoms with Gasteiger partial charge in [0, 0.05) is 23.0 Å². The van der Waals surface area contributed by atoms with Crippen LogP contribution in [0.5, 0.6) is 0 Å². The fourth-order valence-electron chi connectivity index (χ4n) is 11.2. The van der Waals surface area contributed by atoms with Crippen LogP contribution in [0.4, 0.5) is 17.1 Å². The molecule has 0 heterocycles. The van der Waals surface area contributed by atoms with Crippen molar-refractivity contribution in [2.75, 3.05) is 4.90 Å². The molecule has 0 aromatic heterocycles. The number of hydrogen-bond acceptors (Lipinski definition) is 1. The zero-order valence-electron chi connectivity index (χ0n) is 36.8. The number of anilines is 3. The molecular formula is C63H55N. The quantitative estimate of drug-likeness (QED) is 0.131. The average molecular weight is 826 g/mol. The highest BCUT2D eigenvalue weighted by Crippen LogP contribution is 2.51. The fourth-order valence-corrected chi connectivity index (χ4v) is 11.2. The molecule has 1 saturated carbocycles. The van der Waals surface area contributed by atoms with Crippen LogP contribution in [0.25, 0.3) is 44.5 Å². The molecule has 1 heteroatoms. The van der Waals surface area contributed by atoms with Gasteiger partial charge in [-0.3, -0.25) is 0 Å². The van der Waals surface area contributed by atoms with E-state index >= 15 is 0 Å². The third kappa shape index (κ3) is 7.76. The average Bonchev–Trinajstić information content (AvgIpc) is 3.64. The van der Waals surface area contributed by atoms with E-state index in [-0.39, 0.29) is 0 Å².